The lowest BCUT2D eigenvalue weighted by molar-refractivity contribution is 0.0815. The number of halogens is 1. The van der Waals surface area contributed by atoms with Gasteiger partial charge in [0.15, 0.2) is 0 Å². The molecule has 0 spiro atoms. The second kappa shape index (κ2) is 7.73. The molecule has 1 saturated heterocycles. The van der Waals surface area contributed by atoms with Crippen molar-refractivity contribution in [1.82, 2.24) is 4.90 Å². The molecule has 0 bridgehead atoms. The van der Waals surface area contributed by atoms with Crippen LogP contribution in [0, 0.1) is 11.7 Å². The molecule has 2 rings (SSSR count). The van der Waals surface area contributed by atoms with Crippen LogP contribution in [-0.4, -0.2) is 57.4 Å². The van der Waals surface area contributed by atoms with Crippen LogP contribution in [0.1, 0.15) is 6.92 Å². The molecule has 0 amide bonds. The van der Waals surface area contributed by atoms with Crippen molar-refractivity contribution in [2.24, 2.45) is 11.7 Å². The summed E-state index contributed by atoms with van der Waals surface area (Å²) in [5, 5.41) is 0. The molecule has 1 aromatic carbocycles. The second-order valence-electron chi connectivity index (χ2n) is 5.71. The summed E-state index contributed by atoms with van der Waals surface area (Å²) in [5.41, 5.74) is 6.63. The first-order valence-electron chi connectivity index (χ1n) is 7.60. The van der Waals surface area contributed by atoms with Crippen LogP contribution >= 0.6 is 0 Å². The minimum atomic E-state index is -0.144. The predicted molar refractivity (Wildman–Crippen MR) is 84.1 cm³/mol. The van der Waals surface area contributed by atoms with Gasteiger partial charge in [0.25, 0.3) is 0 Å². The molecule has 1 heterocycles. The zero-order valence-corrected chi connectivity index (χ0v) is 13.0. The maximum Gasteiger partial charge on any atom is 0.146 e. The fourth-order valence-corrected chi connectivity index (χ4v) is 3.12. The molecular formula is C16H26FN3O. The van der Waals surface area contributed by atoms with E-state index in [9.17, 15) is 4.39 Å². The summed E-state index contributed by atoms with van der Waals surface area (Å²) >= 11 is 0. The number of methoxy groups -OCH3 is 1. The number of hydrogen-bond donors (Lipinski definition) is 1. The highest BCUT2D eigenvalue weighted by Crippen LogP contribution is 2.21. The van der Waals surface area contributed by atoms with E-state index in [1.807, 2.05) is 12.1 Å². The SMILES string of the molecule is COCC(C)C(CN)N1CCN(c2ccccc2F)CC1. The predicted octanol–water partition coefficient (Wildman–Crippen LogP) is 1.56. The summed E-state index contributed by atoms with van der Waals surface area (Å²) in [6.07, 6.45) is 0. The van der Waals surface area contributed by atoms with E-state index in [4.69, 9.17) is 10.5 Å². The maximum absolute atomic E-state index is 13.8. The first-order chi connectivity index (χ1) is 10.2. The summed E-state index contributed by atoms with van der Waals surface area (Å²) in [7, 11) is 1.72. The second-order valence-corrected chi connectivity index (χ2v) is 5.71. The lowest BCUT2D eigenvalue weighted by Crippen LogP contribution is -2.55. The molecule has 1 aromatic rings. The number of hydrogen-bond acceptors (Lipinski definition) is 4. The van der Waals surface area contributed by atoms with Gasteiger partial charge in [-0.1, -0.05) is 19.1 Å². The number of ether oxygens (including phenoxy) is 1. The number of benzene rings is 1. The third-order valence-corrected chi connectivity index (χ3v) is 4.30. The van der Waals surface area contributed by atoms with Gasteiger partial charge in [0.2, 0.25) is 0 Å². The van der Waals surface area contributed by atoms with Crippen molar-refractivity contribution in [3.63, 3.8) is 0 Å². The smallest absolute Gasteiger partial charge is 0.146 e. The molecule has 0 aliphatic carbocycles. The van der Waals surface area contributed by atoms with Crippen LogP contribution in [0.15, 0.2) is 24.3 Å². The lowest BCUT2D eigenvalue weighted by Gasteiger charge is -2.41. The molecule has 21 heavy (non-hydrogen) atoms. The molecule has 4 nitrogen and oxygen atoms in total. The topological polar surface area (TPSA) is 41.7 Å². The van der Waals surface area contributed by atoms with Crippen LogP contribution in [-0.2, 0) is 4.74 Å². The molecule has 5 heteroatoms. The van der Waals surface area contributed by atoms with Crippen molar-refractivity contribution >= 4 is 5.69 Å². The van der Waals surface area contributed by atoms with Crippen LogP contribution in [0.3, 0.4) is 0 Å². The van der Waals surface area contributed by atoms with Gasteiger partial charge in [-0.25, -0.2) is 4.39 Å². The molecule has 2 unspecified atom stereocenters. The molecule has 2 atom stereocenters. The highest BCUT2D eigenvalue weighted by atomic mass is 19.1. The molecule has 118 valence electrons. The van der Waals surface area contributed by atoms with E-state index in [0.29, 0.717) is 24.2 Å². The van der Waals surface area contributed by atoms with E-state index in [1.165, 1.54) is 6.07 Å². The van der Waals surface area contributed by atoms with Crippen LogP contribution in [0.4, 0.5) is 10.1 Å². The van der Waals surface area contributed by atoms with Crippen LogP contribution < -0.4 is 10.6 Å². The summed E-state index contributed by atoms with van der Waals surface area (Å²) in [5.74, 6) is 0.258. The Morgan fingerprint density at radius 2 is 1.90 bits per heavy atom. The van der Waals surface area contributed by atoms with Crippen molar-refractivity contribution in [1.29, 1.82) is 0 Å². The van der Waals surface area contributed by atoms with E-state index in [0.717, 1.165) is 32.8 Å². The van der Waals surface area contributed by atoms with Crippen LogP contribution in [0.2, 0.25) is 0 Å². The Balaban J connectivity index is 1.95. The summed E-state index contributed by atoms with van der Waals surface area (Å²) in [4.78, 5) is 4.52. The Labute approximate surface area is 126 Å². The van der Waals surface area contributed by atoms with Gasteiger partial charge in [0, 0.05) is 45.9 Å². The van der Waals surface area contributed by atoms with E-state index in [2.05, 4.69) is 16.7 Å². The Kier molecular flexibility index (Phi) is 5.96. The van der Waals surface area contributed by atoms with Crippen molar-refractivity contribution in [2.45, 2.75) is 13.0 Å². The molecule has 1 fully saturated rings. The molecule has 1 aliphatic rings. The molecular weight excluding hydrogens is 269 g/mol. The summed E-state index contributed by atoms with van der Waals surface area (Å²) < 4.78 is 19.1. The molecule has 0 radical (unpaired) electrons. The van der Waals surface area contributed by atoms with Gasteiger partial charge in [0.1, 0.15) is 5.82 Å². The number of rotatable bonds is 6. The summed E-state index contributed by atoms with van der Waals surface area (Å²) in [6.45, 7) is 6.99. The van der Waals surface area contributed by atoms with Crippen molar-refractivity contribution < 1.29 is 9.13 Å². The maximum atomic E-state index is 13.8. The fourth-order valence-electron chi connectivity index (χ4n) is 3.12. The number of piperazine rings is 1. The Bertz CT molecular complexity index is 435. The van der Waals surface area contributed by atoms with Gasteiger partial charge in [-0.15, -0.1) is 0 Å². The van der Waals surface area contributed by atoms with Crippen LogP contribution in [0.5, 0.6) is 0 Å². The zero-order valence-electron chi connectivity index (χ0n) is 13.0. The van der Waals surface area contributed by atoms with Gasteiger partial charge in [-0.2, -0.15) is 0 Å². The third-order valence-electron chi connectivity index (χ3n) is 4.30. The van der Waals surface area contributed by atoms with Gasteiger partial charge in [-0.05, 0) is 18.1 Å². The minimum Gasteiger partial charge on any atom is -0.384 e. The normalized spacial score (nSPS) is 19.5. The molecule has 0 aromatic heterocycles. The highest BCUT2D eigenvalue weighted by Gasteiger charge is 2.27. The van der Waals surface area contributed by atoms with Crippen LogP contribution in [0.25, 0.3) is 0 Å². The third kappa shape index (κ3) is 3.93. The molecule has 2 N–H and O–H groups in total. The van der Waals surface area contributed by atoms with Gasteiger partial charge < -0.3 is 15.4 Å². The minimum absolute atomic E-state index is 0.144. The quantitative estimate of drug-likeness (QED) is 0.865. The summed E-state index contributed by atoms with van der Waals surface area (Å²) in [6, 6.07) is 7.30. The Hall–Kier alpha value is -1.17. The number of nitrogens with two attached hydrogens (primary N) is 1. The fraction of sp³-hybridized carbons (Fsp3) is 0.625. The Morgan fingerprint density at radius 1 is 1.24 bits per heavy atom. The first kappa shape index (κ1) is 16.2. The van der Waals surface area contributed by atoms with Crippen molar-refractivity contribution in [3.8, 4) is 0 Å². The van der Waals surface area contributed by atoms with Crippen molar-refractivity contribution in [2.75, 3.05) is 51.3 Å². The van der Waals surface area contributed by atoms with E-state index in [1.54, 1.807) is 13.2 Å². The van der Waals surface area contributed by atoms with Crippen molar-refractivity contribution in [3.05, 3.63) is 30.1 Å². The molecule has 0 saturated carbocycles. The standard InChI is InChI=1S/C16H26FN3O/c1-13(12-21-2)16(11-18)20-9-7-19(8-10-20)15-6-4-3-5-14(15)17/h3-6,13,16H,7-12,18H2,1-2H3. The van der Waals surface area contributed by atoms with E-state index < -0.39 is 0 Å². The van der Waals surface area contributed by atoms with E-state index >= 15 is 0 Å². The van der Waals surface area contributed by atoms with Gasteiger partial charge >= 0.3 is 0 Å². The Morgan fingerprint density at radius 3 is 2.48 bits per heavy atom. The average molecular weight is 295 g/mol. The number of nitrogens with zero attached hydrogens (tertiary/aromatic N) is 2. The number of anilines is 1. The van der Waals surface area contributed by atoms with E-state index in [-0.39, 0.29) is 5.82 Å². The van der Waals surface area contributed by atoms with Gasteiger partial charge in [0.05, 0.1) is 12.3 Å². The van der Waals surface area contributed by atoms with Gasteiger partial charge in [-0.3, -0.25) is 4.90 Å². The first-order valence-corrected chi connectivity index (χ1v) is 7.60. The monoisotopic (exact) mass is 295 g/mol. The zero-order chi connectivity index (χ0) is 15.2. The average Bonchev–Trinajstić information content (AvgIpc) is 2.50. The molecule has 1 aliphatic heterocycles. The largest absolute Gasteiger partial charge is 0.384 e. The lowest BCUT2D eigenvalue weighted by atomic mass is 10.0. The highest BCUT2D eigenvalue weighted by molar-refractivity contribution is 5.48. The number of para-hydroxylation sites is 1.